The van der Waals surface area contributed by atoms with Gasteiger partial charge in [-0.15, -0.1) is 24.8 Å². The maximum Gasteiger partial charge on any atom is 0.203 e. The van der Waals surface area contributed by atoms with Gasteiger partial charge in [-0.05, 0) is 24.2 Å². The molecule has 1 heterocycles. The fourth-order valence-corrected chi connectivity index (χ4v) is 3.17. The number of piperazine rings is 1. The summed E-state index contributed by atoms with van der Waals surface area (Å²) < 4.78 is 21.7. The van der Waals surface area contributed by atoms with Crippen molar-refractivity contribution in [3.05, 3.63) is 17.7 Å². The number of hydrogen-bond acceptors (Lipinski definition) is 7. The van der Waals surface area contributed by atoms with Crippen LogP contribution in [0.2, 0.25) is 0 Å². The van der Waals surface area contributed by atoms with Crippen molar-refractivity contribution in [2.45, 2.75) is 19.6 Å². The van der Waals surface area contributed by atoms with Crippen LogP contribution < -0.4 is 14.2 Å². The Morgan fingerprint density at radius 1 is 0.929 bits per heavy atom. The molecule has 7 nitrogen and oxygen atoms in total. The van der Waals surface area contributed by atoms with Crippen molar-refractivity contribution in [1.29, 1.82) is 0 Å². The predicted molar refractivity (Wildman–Crippen MR) is 115 cm³/mol. The van der Waals surface area contributed by atoms with Crippen LogP contribution in [0.3, 0.4) is 0 Å². The third-order valence-electron chi connectivity index (χ3n) is 4.68. The molecule has 1 aliphatic rings. The first-order chi connectivity index (χ1) is 12.6. The molecule has 0 saturated carbocycles. The van der Waals surface area contributed by atoms with Crippen molar-refractivity contribution < 1.29 is 24.1 Å². The summed E-state index contributed by atoms with van der Waals surface area (Å²) in [7, 11) is 4.75. The third kappa shape index (κ3) is 7.81. The second-order valence-corrected chi connectivity index (χ2v) is 6.44. The Labute approximate surface area is 180 Å². The van der Waals surface area contributed by atoms with Gasteiger partial charge in [-0.2, -0.15) is 0 Å². The number of ether oxygens (including phenoxy) is 4. The topological polar surface area (TPSA) is 63.6 Å². The van der Waals surface area contributed by atoms with Crippen molar-refractivity contribution >= 4 is 24.8 Å². The van der Waals surface area contributed by atoms with Gasteiger partial charge in [0.2, 0.25) is 5.75 Å². The molecule has 1 N–H and O–H groups in total. The van der Waals surface area contributed by atoms with E-state index in [4.69, 9.17) is 18.9 Å². The van der Waals surface area contributed by atoms with Crippen LogP contribution in [0.15, 0.2) is 12.1 Å². The molecule has 28 heavy (non-hydrogen) atoms. The summed E-state index contributed by atoms with van der Waals surface area (Å²) in [6, 6.07) is 3.72. The monoisotopic (exact) mass is 440 g/mol. The largest absolute Gasteiger partial charge is 0.493 e. The number of halogens is 2. The van der Waals surface area contributed by atoms with Gasteiger partial charge in [0.05, 0.1) is 40.6 Å². The lowest BCUT2D eigenvalue weighted by Crippen LogP contribution is -2.48. The fourth-order valence-electron chi connectivity index (χ4n) is 3.17. The lowest BCUT2D eigenvalue weighted by Gasteiger charge is -2.34. The van der Waals surface area contributed by atoms with Gasteiger partial charge in [-0.3, -0.25) is 4.90 Å². The maximum absolute atomic E-state index is 10.2. The van der Waals surface area contributed by atoms with Crippen molar-refractivity contribution in [3.8, 4) is 17.2 Å². The molecule has 1 aromatic rings. The Bertz CT molecular complexity index is 532. The van der Waals surface area contributed by atoms with E-state index in [9.17, 15) is 5.11 Å². The smallest absolute Gasteiger partial charge is 0.203 e. The second kappa shape index (κ2) is 14.1. The molecule has 2 rings (SSSR count). The van der Waals surface area contributed by atoms with Crippen LogP contribution in [0.1, 0.15) is 12.5 Å². The Kier molecular flexibility index (Phi) is 13.6. The molecular formula is C19H34Cl2N2O5. The SMILES string of the molecule is CCN1CCN(CC(O)COCc2cc(OC)c(OC)c(OC)c2)CC1.Cl.Cl. The van der Waals surface area contributed by atoms with Gasteiger partial charge in [0.15, 0.2) is 11.5 Å². The summed E-state index contributed by atoms with van der Waals surface area (Å²) in [5.41, 5.74) is 0.906. The zero-order valence-electron chi connectivity index (χ0n) is 17.2. The van der Waals surface area contributed by atoms with Crippen molar-refractivity contribution in [3.63, 3.8) is 0 Å². The number of aliphatic hydroxyl groups excluding tert-OH is 1. The van der Waals surface area contributed by atoms with Gasteiger partial charge in [0, 0.05) is 32.7 Å². The molecule has 1 fully saturated rings. The Morgan fingerprint density at radius 3 is 1.93 bits per heavy atom. The van der Waals surface area contributed by atoms with E-state index >= 15 is 0 Å². The standard InChI is InChI=1S/C19H32N2O5.2ClH/c1-5-20-6-8-21(9-7-20)12-16(22)14-26-13-15-10-17(23-2)19(25-4)18(11-15)24-3;;/h10-11,16,22H,5-9,12-14H2,1-4H3;2*1H. The van der Waals surface area contributed by atoms with E-state index in [0.717, 1.165) is 38.3 Å². The number of methoxy groups -OCH3 is 3. The lowest BCUT2D eigenvalue weighted by atomic mass is 10.2. The third-order valence-corrected chi connectivity index (χ3v) is 4.68. The average Bonchev–Trinajstić information content (AvgIpc) is 2.67. The van der Waals surface area contributed by atoms with Gasteiger partial charge < -0.3 is 29.0 Å². The van der Waals surface area contributed by atoms with Crippen LogP contribution in [0.4, 0.5) is 0 Å². The molecule has 0 bridgehead atoms. The summed E-state index contributed by atoms with van der Waals surface area (Å²) in [6.45, 7) is 8.71. The second-order valence-electron chi connectivity index (χ2n) is 6.44. The predicted octanol–water partition coefficient (Wildman–Crippen LogP) is 2.07. The van der Waals surface area contributed by atoms with Gasteiger partial charge in [-0.1, -0.05) is 6.92 Å². The highest BCUT2D eigenvalue weighted by Gasteiger charge is 2.18. The summed E-state index contributed by atoms with van der Waals surface area (Å²) in [5.74, 6) is 1.75. The number of β-amino-alcohol motifs (C(OH)–C–C–N with tert-alkyl or cyclic N) is 1. The quantitative estimate of drug-likeness (QED) is 0.597. The molecule has 9 heteroatoms. The Balaban J connectivity index is 0.00000364. The van der Waals surface area contributed by atoms with E-state index in [1.807, 2.05) is 12.1 Å². The van der Waals surface area contributed by atoms with E-state index in [1.54, 1.807) is 21.3 Å². The zero-order chi connectivity index (χ0) is 18.9. The van der Waals surface area contributed by atoms with E-state index in [1.165, 1.54) is 0 Å². The first-order valence-electron chi connectivity index (χ1n) is 9.10. The van der Waals surface area contributed by atoms with E-state index in [2.05, 4.69) is 16.7 Å². The molecule has 1 aromatic carbocycles. The summed E-state index contributed by atoms with van der Waals surface area (Å²) in [5, 5.41) is 10.2. The number of hydrogen-bond donors (Lipinski definition) is 1. The number of nitrogens with zero attached hydrogens (tertiary/aromatic N) is 2. The maximum atomic E-state index is 10.2. The molecule has 1 unspecified atom stereocenters. The van der Waals surface area contributed by atoms with Gasteiger partial charge in [-0.25, -0.2) is 0 Å². The molecule has 0 aliphatic carbocycles. The Hall–Kier alpha value is -0.960. The number of benzene rings is 1. The highest BCUT2D eigenvalue weighted by Crippen LogP contribution is 2.38. The molecule has 1 saturated heterocycles. The molecule has 164 valence electrons. The first kappa shape index (κ1) is 27.0. The van der Waals surface area contributed by atoms with Crippen molar-refractivity contribution in [2.24, 2.45) is 0 Å². The van der Waals surface area contributed by atoms with E-state index in [-0.39, 0.29) is 24.8 Å². The molecule has 0 radical (unpaired) electrons. The van der Waals surface area contributed by atoms with Crippen molar-refractivity contribution in [1.82, 2.24) is 9.80 Å². The van der Waals surface area contributed by atoms with Gasteiger partial charge >= 0.3 is 0 Å². The Morgan fingerprint density at radius 2 is 1.46 bits per heavy atom. The molecule has 1 aliphatic heterocycles. The minimum absolute atomic E-state index is 0. The highest BCUT2D eigenvalue weighted by molar-refractivity contribution is 5.85. The summed E-state index contributed by atoms with van der Waals surface area (Å²) in [6.07, 6.45) is -0.495. The molecule has 0 spiro atoms. The van der Waals surface area contributed by atoms with Crippen LogP contribution in [0, 0.1) is 0 Å². The fraction of sp³-hybridized carbons (Fsp3) is 0.684. The molecule has 0 amide bonds. The molecule has 0 aromatic heterocycles. The van der Waals surface area contributed by atoms with Gasteiger partial charge in [0.25, 0.3) is 0 Å². The lowest BCUT2D eigenvalue weighted by molar-refractivity contribution is 0.00170. The van der Waals surface area contributed by atoms with Crippen molar-refractivity contribution in [2.75, 3.05) is 67.2 Å². The van der Waals surface area contributed by atoms with Crippen LogP contribution in [0.5, 0.6) is 17.2 Å². The van der Waals surface area contributed by atoms with Crippen LogP contribution in [-0.2, 0) is 11.3 Å². The first-order valence-corrected chi connectivity index (χ1v) is 9.10. The number of aliphatic hydroxyl groups is 1. The zero-order valence-corrected chi connectivity index (χ0v) is 18.8. The average molecular weight is 441 g/mol. The minimum Gasteiger partial charge on any atom is -0.493 e. The van der Waals surface area contributed by atoms with Crippen LogP contribution >= 0.6 is 24.8 Å². The molecular weight excluding hydrogens is 407 g/mol. The molecule has 1 atom stereocenters. The number of rotatable bonds is 10. The summed E-state index contributed by atoms with van der Waals surface area (Å²) >= 11 is 0. The highest BCUT2D eigenvalue weighted by atomic mass is 35.5. The number of likely N-dealkylation sites (N-methyl/N-ethyl adjacent to an activating group) is 1. The summed E-state index contributed by atoms with van der Waals surface area (Å²) in [4.78, 5) is 4.71. The van der Waals surface area contributed by atoms with E-state index in [0.29, 0.717) is 37.0 Å². The van der Waals surface area contributed by atoms with Gasteiger partial charge in [0.1, 0.15) is 0 Å². The normalized spacial score (nSPS) is 15.9. The van der Waals surface area contributed by atoms with Crippen LogP contribution in [0.25, 0.3) is 0 Å². The van der Waals surface area contributed by atoms with Crippen LogP contribution in [-0.4, -0.2) is 88.2 Å². The van der Waals surface area contributed by atoms with E-state index < -0.39 is 6.10 Å². The minimum atomic E-state index is -0.495.